The lowest BCUT2D eigenvalue weighted by Crippen LogP contribution is -2.30. The molecule has 0 spiro atoms. The highest BCUT2D eigenvalue weighted by Gasteiger charge is 2.23. The summed E-state index contributed by atoms with van der Waals surface area (Å²) in [5.74, 6) is 0.857. The van der Waals surface area contributed by atoms with Crippen LogP contribution in [0, 0.1) is 6.92 Å². The van der Waals surface area contributed by atoms with Crippen LogP contribution in [0.1, 0.15) is 24.8 Å². The molecule has 128 valence electrons. The van der Waals surface area contributed by atoms with Gasteiger partial charge in [-0.2, -0.15) is 0 Å². The fraction of sp³-hybridized carbons (Fsp3) is 0.438. The Bertz CT molecular complexity index is 720. The molecule has 2 heterocycles. The molecule has 3 rings (SSSR count). The third-order valence-electron chi connectivity index (χ3n) is 3.73. The molecule has 8 heteroatoms. The molecular formula is C16H20N4O2S2. The number of hydrogen-bond acceptors (Lipinski definition) is 7. The van der Waals surface area contributed by atoms with Gasteiger partial charge in [-0.15, -0.1) is 10.2 Å². The zero-order chi connectivity index (χ0) is 16.9. The second-order valence-electron chi connectivity index (χ2n) is 5.60. The van der Waals surface area contributed by atoms with Crippen LogP contribution in [0.3, 0.4) is 0 Å². The van der Waals surface area contributed by atoms with Gasteiger partial charge in [0.25, 0.3) is 0 Å². The summed E-state index contributed by atoms with van der Waals surface area (Å²) >= 11 is 2.94. The molecule has 1 aliphatic rings. The molecule has 0 aliphatic carbocycles. The first kappa shape index (κ1) is 17.0. The van der Waals surface area contributed by atoms with E-state index in [0.29, 0.717) is 5.13 Å². The number of aryl methyl sites for hydroxylation is 1. The highest BCUT2D eigenvalue weighted by atomic mass is 32.2. The van der Waals surface area contributed by atoms with Crippen LogP contribution in [0.5, 0.6) is 5.75 Å². The van der Waals surface area contributed by atoms with Gasteiger partial charge in [0.2, 0.25) is 11.0 Å². The van der Waals surface area contributed by atoms with Gasteiger partial charge in [-0.05, 0) is 37.5 Å². The molecule has 1 saturated heterocycles. The summed E-state index contributed by atoms with van der Waals surface area (Å²) in [5, 5.41) is 15.2. The third kappa shape index (κ3) is 4.18. The number of rotatable bonds is 5. The van der Waals surface area contributed by atoms with Gasteiger partial charge in [-0.3, -0.25) is 4.79 Å². The van der Waals surface area contributed by atoms with Crippen molar-refractivity contribution in [1.29, 1.82) is 0 Å². The Morgan fingerprint density at radius 3 is 3.08 bits per heavy atom. The number of hydrogen-bond donors (Lipinski definition) is 2. The Morgan fingerprint density at radius 2 is 2.25 bits per heavy atom. The van der Waals surface area contributed by atoms with Gasteiger partial charge in [-0.1, -0.05) is 35.6 Å². The number of thioether (sulfide) groups is 1. The fourth-order valence-corrected chi connectivity index (χ4v) is 4.56. The van der Waals surface area contributed by atoms with E-state index in [4.69, 9.17) is 4.74 Å². The molecule has 1 atom stereocenters. The van der Waals surface area contributed by atoms with E-state index in [1.165, 1.54) is 23.1 Å². The Morgan fingerprint density at radius 1 is 1.38 bits per heavy atom. The second-order valence-corrected chi connectivity index (χ2v) is 8.02. The predicted molar refractivity (Wildman–Crippen MR) is 97.4 cm³/mol. The molecule has 0 saturated carbocycles. The van der Waals surface area contributed by atoms with E-state index in [9.17, 15) is 4.79 Å². The minimum atomic E-state index is -0.0817. The predicted octanol–water partition coefficient (Wildman–Crippen LogP) is 3.36. The number of anilines is 2. The number of aromatic nitrogens is 2. The van der Waals surface area contributed by atoms with E-state index in [1.807, 2.05) is 25.1 Å². The van der Waals surface area contributed by atoms with Crippen molar-refractivity contribution in [3.8, 4) is 5.75 Å². The number of nitrogens with zero attached hydrogens (tertiary/aromatic N) is 2. The lowest BCUT2D eigenvalue weighted by Gasteiger charge is -2.10. The van der Waals surface area contributed by atoms with Crippen molar-refractivity contribution >= 4 is 39.8 Å². The number of benzene rings is 1. The van der Waals surface area contributed by atoms with Crippen LogP contribution >= 0.6 is 23.1 Å². The Labute approximate surface area is 149 Å². The lowest BCUT2D eigenvalue weighted by molar-refractivity contribution is -0.120. The van der Waals surface area contributed by atoms with Gasteiger partial charge >= 0.3 is 0 Å². The highest BCUT2D eigenvalue weighted by Crippen LogP contribution is 2.35. The summed E-state index contributed by atoms with van der Waals surface area (Å²) in [5.41, 5.74) is 1.99. The van der Waals surface area contributed by atoms with Gasteiger partial charge in [0, 0.05) is 6.54 Å². The van der Waals surface area contributed by atoms with Crippen LogP contribution in [0.25, 0.3) is 0 Å². The van der Waals surface area contributed by atoms with E-state index in [2.05, 4.69) is 20.8 Å². The van der Waals surface area contributed by atoms with Gasteiger partial charge in [0.05, 0.1) is 18.0 Å². The minimum Gasteiger partial charge on any atom is -0.495 e. The molecule has 2 N–H and O–H groups in total. The smallest absolute Gasteiger partial charge is 0.233 e. The molecule has 1 aliphatic heterocycles. The summed E-state index contributed by atoms with van der Waals surface area (Å²) in [6.45, 7) is 2.79. The van der Waals surface area contributed by atoms with E-state index < -0.39 is 0 Å². The van der Waals surface area contributed by atoms with E-state index >= 15 is 0 Å². The van der Waals surface area contributed by atoms with E-state index in [1.54, 1.807) is 7.11 Å². The molecule has 24 heavy (non-hydrogen) atoms. The third-order valence-corrected chi connectivity index (χ3v) is 5.92. The number of carbonyl (C=O) groups is 1. The van der Waals surface area contributed by atoms with Crippen LogP contribution in [0.15, 0.2) is 22.5 Å². The van der Waals surface area contributed by atoms with Crippen LogP contribution in [0.2, 0.25) is 0 Å². The first-order chi connectivity index (χ1) is 11.7. The molecule has 1 aromatic heterocycles. The van der Waals surface area contributed by atoms with Crippen molar-refractivity contribution in [2.45, 2.75) is 35.8 Å². The quantitative estimate of drug-likeness (QED) is 0.847. The van der Waals surface area contributed by atoms with Gasteiger partial charge in [0.15, 0.2) is 4.34 Å². The van der Waals surface area contributed by atoms with Crippen LogP contribution in [-0.2, 0) is 4.79 Å². The number of ether oxygens (including phenoxy) is 1. The fourth-order valence-electron chi connectivity index (χ4n) is 2.49. The maximum Gasteiger partial charge on any atom is 0.233 e. The number of carbonyl (C=O) groups excluding carboxylic acids is 1. The molecule has 0 bridgehead atoms. The monoisotopic (exact) mass is 364 g/mol. The van der Waals surface area contributed by atoms with E-state index in [0.717, 1.165) is 47.1 Å². The van der Waals surface area contributed by atoms with Crippen LogP contribution < -0.4 is 15.4 Å². The van der Waals surface area contributed by atoms with E-state index in [-0.39, 0.29) is 11.2 Å². The van der Waals surface area contributed by atoms with Gasteiger partial charge in [-0.25, -0.2) is 0 Å². The van der Waals surface area contributed by atoms with Gasteiger partial charge < -0.3 is 15.4 Å². The molecule has 2 aromatic rings. The highest BCUT2D eigenvalue weighted by molar-refractivity contribution is 8.02. The first-order valence-electron chi connectivity index (χ1n) is 7.85. The molecule has 1 aromatic carbocycles. The van der Waals surface area contributed by atoms with Crippen molar-refractivity contribution in [1.82, 2.24) is 15.5 Å². The maximum absolute atomic E-state index is 12.0. The topological polar surface area (TPSA) is 76.1 Å². The normalized spacial score (nSPS) is 17.9. The number of methoxy groups -OCH3 is 1. The Balaban J connectivity index is 1.69. The minimum absolute atomic E-state index is 0.0817. The average Bonchev–Trinajstić information content (AvgIpc) is 2.90. The van der Waals surface area contributed by atoms with Crippen LogP contribution in [0.4, 0.5) is 10.8 Å². The van der Waals surface area contributed by atoms with Gasteiger partial charge in [0.1, 0.15) is 5.75 Å². The molecule has 6 nitrogen and oxygen atoms in total. The molecule has 1 amide bonds. The zero-order valence-corrected chi connectivity index (χ0v) is 15.3. The van der Waals surface area contributed by atoms with Crippen molar-refractivity contribution in [3.05, 3.63) is 23.8 Å². The summed E-state index contributed by atoms with van der Waals surface area (Å²) in [4.78, 5) is 12.0. The molecule has 0 unspecified atom stereocenters. The van der Waals surface area contributed by atoms with Crippen molar-refractivity contribution in [2.75, 3.05) is 19.0 Å². The molecule has 1 fully saturated rings. The van der Waals surface area contributed by atoms with Crippen LogP contribution in [-0.4, -0.2) is 35.0 Å². The summed E-state index contributed by atoms with van der Waals surface area (Å²) in [7, 11) is 1.64. The first-order valence-corrected chi connectivity index (χ1v) is 9.55. The molecule has 0 radical (unpaired) electrons. The maximum atomic E-state index is 12.0. The SMILES string of the molecule is COc1ccc(C)cc1Nc1nnc(S[C@H]2CCCCNC2=O)s1. The standard InChI is InChI=1S/C16H20N4O2S2/c1-10-6-7-12(22-2)11(9-10)18-15-19-20-16(24-15)23-13-5-3-4-8-17-14(13)21/h6-7,9,13H,3-5,8H2,1-2H3,(H,17,21)(H,18,19)/t13-/m0/s1. The lowest BCUT2D eigenvalue weighted by atomic mass is 10.2. The average molecular weight is 364 g/mol. The second kappa shape index (κ2) is 7.85. The largest absolute Gasteiger partial charge is 0.495 e. The Hall–Kier alpha value is -1.80. The van der Waals surface area contributed by atoms with Crippen molar-refractivity contribution < 1.29 is 9.53 Å². The number of nitrogens with one attached hydrogen (secondary N) is 2. The Kier molecular flexibility index (Phi) is 5.57. The number of amides is 1. The zero-order valence-electron chi connectivity index (χ0n) is 13.7. The van der Waals surface area contributed by atoms with Crippen molar-refractivity contribution in [2.24, 2.45) is 0 Å². The van der Waals surface area contributed by atoms with Crippen molar-refractivity contribution in [3.63, 3.8) is 0 Å². The molecular weight excluding hydrogens is 344 g/mol. The summed E-state index contributed by atoms with van der Waals surface area (Å²) < 4.78 is 6.16. The summed E-state index contributed by atoms with van der Waals surface area (Å²) in [6.07, 6.45) is 2.98. The summed E-state index contributed by atoms with van der Waals surface area (Å²) in [6, 6.07) is 5.92.